The Bertz CT molecular complexity index is 3360. The fraction of sp³-hybridized carbons (Fsp3) is 0.156. The summed E-state index contributed by atoms with van der Waals surface area (Å²) in [6.45, 7) is 6.99. The van der Waals surface area contributed by atoms with Crippen molar-refractivity contribution in [1.29, 1.82) is 0 Å². The highest BCUT2D eigenvalue weighted by Gasteiger charge is 2.45. The molecular weight excluding hydrogens is 797 g/mol. The number of nitrogens with zero attached hydrogens (tertiary/aromatic N) is 2. The Morgan fingerprint density at radius 2 is 1.02 bits per heavy atom. The fourth-order valence-corrected chi connectivity index (χ4v) is 11.6. The van der Waals surface area contributed by atoms with Crippen LogP contribution in [0.2, 0.25) is 0 Å². The van der Waals surface area contributed by atoms with Crippen LogP contribution in [-0.2, 0) is 24.7 Å². The lowest BCUT2D eigenvalue weighted by atomic mass is 9.81. The van der Waals surface area contributed by atoms with Gasteiger partial charge < -0.3 is 9.47 Å². The zero-order chi connectivity index (χ0) is 44.4. The van der Waals surface area contributed by atoms with Crippen molar-refractivity contribution in [2.24, 2.45) is 0 Å². The van der Waals surface area contributed by atoms with E-state index in [1.54, 1.807) is 0 Å². The Kier molecular flexibility index (Phi) is 9.86. The summed E-state index contributed by atoms with van der Waals surface area (Å²) in [6, 6.07) is 75.2. The highest BCUT2D eigenvalue weighted by atomic mass is 15.1. The van der Waals surface area contributed by atoms with Crippen molar-refractivity contribution in [3.05, 3.63) is 228 Å². The number of aromatic nitrogens is 1. The van der Waals surface area contributed by atoms with Crippen LogP contribution in [0.3, 0.4) is 0 Å². The van der Waals surface area contributed by atoms with Gasteiger partial charge in [0, 0.05) is 38.8 Å². The van der Waals surface area contributed by atoms with E-state index >= 15 is 0 Å². The first-order chi connectivity index (χ1) is 32.5. The maximum Gasteiger partial charge on any atom is 0.0541 e. The summed E-state index contributed by atoms with van der Waals surface area (Å²) < 4.78 is 2.45. The molecule has 0 bridgehead atoms. The van der Waals surface area contributed by atoms with E-state index < -0.39 is 0 Å². The molecule has 0 aliphatic heterocycles. The van der Waals surface area contributed by atoms with E-state index in [1.165, 1.54) is 111 Å². The van der Waals surface area contributed by atoms with E-state index in [0.717, 1.165) is 44.2 Å². The molecule has 10 aromatic rings. The van der Waals surface area contributed by atoms with Gasteiger partial charge in [0.15, 0.2) is 0 Å². The van der Waals surface area contributed by atoms with Crippen LogP contribution in [-0.4, -0.2) is 4.57 Å². The third kappa shape index (κ3) is 6.53. The summed E-state index contributed by atoms with van der Waals surface area (Å²) >= 11 is 0. The minimum atomic E-state index is 0.0312. The molecule has 2 nitrogen and oxygen atoms in total. The van der Waals surface area contributed by atoms with Crippen LogP contribution < -0.4 is 4.90 Å². The maximum atomic E-state index is 2.52. The van der Waals surface area contributed by atoms with Crippen LogP contribution in [0.1, 0.15) is 67.9 Å². The van der Waals surface area contributed by atoms with E-state index in [2.05, 4.69) is 230 Å². The van der Waals surface area contributed by atoms with Crippen LogP contribution in [0.15, 0.2) is 200 Å². The Morgan fingerprint density at radius 1 is 0.470 bits per heavy atom. The molecule has 1 heterocycles. The van der Waals surface area contributed by atoms with Crippen LogP contribution in [0, 0.1) is 0 Å². The predicted octanol–water partition coefficient (Wildman–Crippen LogP) is 17.4. The largest absolute Gasteiger partial charge is 0.310 e. The fourth-order valence-electron chi connectivity index (χ4n) is 11.6. The van der Waals surface area contributed by atoms with Crippen LogP contribution in [0.25, 0.3) is 72.0 Å². The zero-order valence-corrected chi connectivity index (χ0v) is 38.2. The standard InChI is InChI=1S/C64H54N2/c1-4-13-43-21-36-61-56(41-43)57-42-44(14-5-2)22-37-62(57)66(61)51-33-29-48(30-34-51)46-25-23-45(24-26-46)47-27-31-50(32-28-47)65(59-20-12-10-17-52(59)49-15-7-6-8-16-49)60-38-35-54-53-18-9-11-19-58(53)64(3)40-39-55(60)63(54)64/h6-12,15-38,41-42H,4-5,13-14,39-40H2,1-3H3. The molecule has 0 N–H and O–H groups in total. The van der Waals surface area contributed by atoms with Gasteiger partial charge in [-0.1, -0.05) is 173 Å². The molecule has 0 fully saturated rings. The van der Waals surface area contributed by atoms with Crippen molar-refractivity contribution in [1.82, 2.24) is 4.57 Å². The van der Waals surface area contributed by atoms with Gasteiger partial charge >= 0.3 is 0 Å². The third-order valence-corrected chi connectivity index (χ3v) is 14.8. The first-order valence-corrected chi connectivity index (χ1v) is 24.1. The topological polar surface area (TPSA) is 8.17 Å². The molecule has 12 rings (SSSR count). The van der Waals surface area contributed by atoms with Crippen molar-refractivity contribution in [3.8, 4) is 50.2 Å². The average Bonchev–Trinajstić information content (AvgIpc) is 3.99. The lowest BCUT2D eigenvalue weighted by Crippen LogP contribution is -2.17. The Balaban J connectivity index is 0.873. The smallest absolute Gasteiger partial charge is 0.0541 e. The van der Waals surface area contributed by atoms with E-state index in [1.807, 2.05) is 0 Å². The summed E-state index contributed by atoms with van der Waals surface area (Å²) in [7, 11) is 0. The molecule has 2 aliphatic carbocycles. The Morgan fingerprint density at radius 3 is 1.64 bits per heavy atom. The zero-order valence-electron chi connectivity index (χ0n) is 38.2. The lowest BCUT2D eigenvalue weighted by molar-refractivity contribution is 0.579. The second kappa shape index (κ2) is 16.2. The average molecular weight is 851 g/mol. The number of hydrogen-bond acceptors (Lipinski definition) is 1. The van der Waals surface area contributed by atoms with E-state index in [9.17, 15) is 0 Å². The molecule has 1 aromatic heterocycles. The summed E-state index contributed by atoms with van der Waals surface area (Å²) in [5.41, 5.74) is 24.7. The van der Waals surface area contributed by atoms with E-state index in [0.29, 0.717) is 0 Å². The molecule has 66 heavy (non-hydrogen) atoms. The number of aryl methyl sites for hydroxylation is 2. The van der Waals surface area contributed by atoms with Gasteiger partial charge in [0.1, 0.15) is 0 Å². The van der Waals surface area contributed by atoms with Crippen LogP contribution in [0.4, 0.5) is 17.1 Å². The monoisotopic (exact) mass is 850 g/mol. The second-order valence-corrected chi connectivity index (χ2v) is 18.8. The summed E-state index contributed by atoms with van der Waals surface area (Å²) in [6.07, 6.45) is 6.68. The van der Waals surface area contributed by atoms with E-state index in [-0.39, 0.29) is 5.41 Å². The van der Waals surface area contributed by atoms with Crippen molar-refractivity contribution in [2.75, 3.05) is 4.90 Å². The molecule has 1 unspecified atom stereocenters. The minimum Gasteiger partial charge on any atom is -0.310 e. The molecule has 0 saturated carbocycles. The molecule has 320 valence electrons. The number of hydrogen-bond donors (Lipinski definition) is 0. The summed E-state index contributed by atoms with van der Waals surface area (Å²) in [4.78, 5) is 2.52. The SMILES string of the molecule is CCCc1ccc2c(c1)c1cc(CCC)ccc1n2-c1ccc(-c2ccc(-c3ccc(N(c4ccccc4-c4ccccc4)c4ccc5c6c4CCC6(C)c4ccccc4-5)cc3)cc2)cc1. The highest BCUT2D eigenvalue weighted by Crippen LogP contribution is 2.59. The molecule has 9 aromatic carbocycles. The van der Waals surface area contributed by atoms with Gasteiger partial charge in [-0.15, -0.1) is 0 Å². The van der Waals surface area contributed by atoms with Crippen molar-refractivity contribution < 1.29 is 0 Å². The van der Waals surface area contributed by atoms with Crippen molar-refractivity contribution >= 4 is 38.9 Å². The van der Waals surface area contributed by atoms with Crippen molar-refractivity contribution in [3.63, 3.8) is 0 Å². The number of rotatable bonds is 11. The quantitative estimate of drug-likeness (QED) is 0.126. The van der Waals surface area contributed by atoms with Gasteiger partial charge in [0.25, 0.3) is 0 Å². The molecule has 0 radical (unpaired) electrons. The Hall–Kier alpha value is -7.42. The third-order valence-electron chi connectivity index (χ3n) is 14.8. The first-order valence-electron chi connectivity index (χ1n) is 24.1. The van der Waals surface area contributed by atoms with Crippen LogP contribution >= 0.6 is 0 Å². The summed E-state index contributed by atoms with van der Waals surface area (Å²) in [5.74, 6) is 0. The Labute approximate surface area is 389 Å². The maximum absolute atomic E-state index is 2.52. The molecule has 0 saturated heterocycles. The van der Waals surface area contributed by atoms with Gasteiger partial charge in [0.2, 0.25) is 0 Å². The van der Waals surface area contributed by atoms with Crippen LogP contribution in [0.5, 0.6) is 0 Å². The van der Waals surface area contributed by atoms with Gasteiger partial charge in [-0.25, -0.2) is 0 Å². The number of fused-ring (bicyclic) bond motifs is 6. The molecule has 2 heteroatoms. The molecule has 1 atom stereocenters. The highest BCUT2D eigenvalue weighted by molar-refractivity contribution is 6.10. The second-order valence-electron chi connectivity index (χ2n) is 18.8. The van der Waals surface area contributed by atoms with Gasteiger partial charge in [-0.3, -0.25) is 0 Å². The molecular formula is C64H54N2. The molecule has 0 spiro atoms. The normalized spacial score (nSPS) is 14.8. The van der Waals surface area contributed by atoms with Crippen molar-refractivity contribution in [2.45, 2.75) is 64.7 Å². The summed E-state index contributed by atoms with van der Waals surface area (Å²) in [5, 5.41) is 2.70. The number of anilines is 3. The molecule has 0 amide bonds. The van der Waals surface area contributed by atoms with Gasteiger partial charge in [-0.2, -0.15) is 0 Å². The predicted molar refractivity (Wildman–Crippen MR) is 280 cm³/mol. The first kappa shape index (κ1) is 40.1. The lowest BCUT2D eigenvalue weighted by Gasteiger charge is -2.30. The number of benzene rings is 9. The number of para-hydroxylation sites is 1. The minimum absolute atomic E-state index is 0.0312. The van der Waals surface area contributed by atoms with Gasteiger partial charge in [0.05, 0.1) is 16.7 Å². The van der Waals surface area contributed by atoms with E-state index in [4.69, 9.17) is 0 Å². The molecule has 2 aliphatic rings. The van der Waals surface area contributed by atoms with Gasteiger partial charge in [-0.05, 0) is 153 Å².